The Morgan fingerprint density at radius 3 is 2.59 bits per heavy atom. The molecule has 4 fully saturated rings. The number of rotatable bonds is 12. The lowest BCUT2D eigenvalue weighted by atomic mass is 9.66. The number of esters is 1. The Bertz CT molecular complexity index is 905. The van der Waals surface area contributed by atoms with Crippen molar-refractivity contribution in [2.75, 3.05) is 19.8 Å². The summed E-state index contributed by atoms with van der Waals surface area (Å²) >= 11 is 1.66. The third-order valence-electron chi connectivity index (χ3n) is 9.11. The van der Waals surface area contributed by atoms with Crippen molar-refractivity contribution in [2.24, 2.45) is 11.8 Å². The summed E-state index contributed by atoms with van der Waals surface area (Å²) < 4.78 is 4.59. The van der Waals surface area contributed by atoms with Crippen LogP contribution in [0.4, 0.5) is 0 Å². The van der Waals surface area contributed by atoms with Crippen LogP contribution in [0.3, 0.4) is 0 Å². The van der Waals surface area contributed by atoms with Crippen molar-refractivity contribution in [1.29, 1.82) is 0 Å². The van der Waals surface area contributed by atoms with E-state index in [4.69, 9.17) is 4.74 Å². The van der Waals surface area contributed by atoms with Gasteiger partial charge < -0.3 is 19.6 Å². The van der Waals surface area contributed by atoms with Gasteiger partial charge in [-0.25, -0.2) is 0 Å². The Balaban J connectivity index is 1.66. The summed E-state index contributed by atoms with van der Waals surface area (Å²) in [6.45, 7) is 12.0. The number of thioether (sulfide) groups is 1. The minimum atomic E-state index is -0.703. The summed E-state index contributed by atoms with van der Waals surface area (Å²) in [6, 6.07) is -1.08. The quantitative estimate of drug-likeness (QED) is 0.231. The van der Waals surface area contributed by atoms with Crippen LogP contribution in [-0.4, -0.2) is 80.1 Å². The maximum absolute atomic E-state index is 14.5. The fraction of sp³-hybridized carbons (Fsp3) is 0.759. The first kappa shape index (κ1) is 28.2. The fourth-order valence-corrected chi connectivity index (χ4v) is 9.65. The molecule has 1 saturated carbocycles. The lowest BCUT2D eigenvalue weighted by Crippen LogP contribution is -2.58. The van der Waals surface area contributed by atoms with E-state index in [9.17, 15) is 19.5 Å². The zero-order valence-electron chi connectivity index (χ0n) is 22.5. The number of amides is 2. The second kappa shape index (κ2) is 11.5. The largest absolute Gasteiger partial charge is 0.465 e. The first-order valence-corrected chi connectivity index (χ1v) is 14.9. The highest BCUT2D eigenvalue weighted by Crippen LogP contribution is 2.71. The smallest absolute Gasteiger partial charge is 0.311 e. The molecule has 0 aromatic heterocycles. The maximum atomic E-state index is 14.5. The number of carbonyl (C=O) groups is 3. The van der Waals surface area contributed by atoms with Crippen molar-refractivity contribution in [1.82, 2.24) is 9.80 Å². The second-order valence-corrected chi connectivity index (χ2v) is 13.4. The molecule has 2 bridgehead atoms. The van der Waals surface area contributed by atoms with Crippen LogP contribution in [0.2, 0.25) is 0 Å². The molecule has 2 unspecified atom stereocenters. The average molecular weight is 533 g/mol. The molecule has 1 aliphatic carbocycles. The molecule has 8 heteroatoms. The molecular formula is C29H44N2O5S. The van der Waals surface area contributed by atoms with Crippen molar-refractivity contribution in [3.63, 3.8) is 0 Å². The molecule has 4 aliphatic rings. The summed E-state index contributed by atoms with van der Waals surface area (Å²) in [6.07, 6.45) is 12.9. The van der Waals surface area contributed by atoms with Gasteiger partial charge in [-0.15, -0.1) is 24.9 Å². The van der Waals surface area contributed by atoms with Crippen molar-refractivity contribution in [3.05, 3.63) is 25.3 Å². The van der Waals surface area contributed by atoms with Gasteiger partial charge in [0, 0.05) is 17.3 Å². The molecule has 7 nitrogen and oxygen atoms in total. The molecule has 1 spiro atoms. The Hall–Kier alpha value is -1.80. The van der Waals surface area contributed by atoms with E-state index < -0.39 is 33.4 Å². The van der Waals surface area contributed by atoms with Gasteiger partial charge in [0.1, 0.15) is 6.04 Å². The SMILES string of the molecule is C=CCCCCOC(=O)[C@@H]1[C@H]2C(=O)N([C@H](C)CO)C(C(=O)N(CC=C)C3CCCCC3)C23CC[C@@]1(C)S3. The Morgan fingerprint density at radius 1 is 1.22 bits per heavy atom. The first-order valence-electron chi connectivity index (χ1n) is 14.1. The molecule has 0 aromatic carbocycles. The number of allylic oxidation sites excluding steroid dienone is 1. The van der Waals surface area contributed by atoms with Crippen LogP contribution in [0, 0.1) is 11.8 Å². The summed E-state index contributed by atoms with van der Waals surface area (Å²) in [7, 11) is 0. The van der Waals surface area contributed by atoms with E-state index in [-0.39, 0.29) is 30.4 Å². The highest BCUT2D eigenvalue weighted by atomic mass is 32.2. The zero-order chi connectivity index (χ0) is 26.8. The normalized spacial score (nSPS) is 33.8. The maximum Gasteiger partial charge on any atom is 0.311 e. The molecule has 2 amide bonds. The highest BCUT2D eigenvalue weighted by Gasteiger charge is 2.78. The molecule has 4 rings (SSSR count). The highest BCUT2D eigenvalue weighted by molar-refractivity contribution is 8.02. The summed E-state index contributed by atoms with van der Waals surface area (Å²) in [5, 5.41) is 10.1. The molecule has 1 N–H and O–H groups in total. The van der Waals surface area contributed by atoms with Gasteiger partial charge in [-0.3, -0.25) is 14.4 Å². The lowest BCUT2D eigenvalue weighted by molar-refractivity contribution is -0.156. The van der Waals surface area contributed by atoms with Gasteiger partial charge in [0.05, 0.1) is 35.8 Å². The van der Waals surface area contributed by atoms with E-state index in [1.165, 1.54) is 6.42 Å². The number of hydrogen-bond acceptors (Lipinski definition) is 6. The third-order valence-corrected chi connectivity index (χ3v) is 11.1. The first-order chi connectivity index (χ1) is 17.8. The number of ether oxygens (including phenoxy) is 1. The fourth-order valence-electron chi connectivity index (χ4n) is 7.32. The molecular weight excluding hydrogens is 488 g/mol. The van der Waals surface area contributed by atoms with E-state index in [0.29, 0.717) is 19.6 Å². The van der Waals surface area contributed by atoms with Gasteiger partial charge in [-0.05, 0) is 58.8 Å². The van der Waals surface area contributed by atoms with Gasteiger partial charge >= 0.3 is 5.97 Å². The van der Waals surface area contributed by atoms with Crippen LogP contribution in [0.25, 0.3) is 0 Å². The molecule has 6 atom stereocenters. The Morgan fingerprint density at radius 2 is 1.95 bits per heavy atom. The predicted octanol–water partition coefficient (Wildman–Crippen LogP) is 4.10. The second-order valence-electron chi connectivity index (χ2n) is 11.5. The van der Waals surface area contributed by atoms with Crippen molar-refractivity contribution >= 4 is 29.5 Å². The third kappa shape index (κ3) is 4.88. The number of hydrogen-bond donors (Lipinski definition) is 1. The van der Waals surface area contributed by atoms with Gasteiger partial charge in [-0.2, -0.15) is 0 Å². The van der Waals surface area contributed by atoms with Crippen molar-refractivity contribution in [3.8, 4) is 0 Å². The van der Waals surface area contributed by atoms with E-state index in [1.54, 1.807) is 29.7 Å². The summed E-state index contributed by atoms with van der Waals surface area (Å²) in [5.74, 6) is -1.78. The lowest BCUT2D eigenvalue weighted by Gasteiger charge is -2.42. The predicted molar refractivity (Wildman–Crippen MR) is 146 cm³/mol. The van der Waals surface area contributed by atoms with E-state index in [1.807, 2.05) is 11.0 Å². The Labute approximate surface area is 226 Å². The summed E-state index contributed by atoms with van der Waals surface area (Å²) in [4.78, 5) is 45.6. The number of aliphatic hydroxyl groups is 1. The topological polar surface area (TPSA) is 87.1 Å². The van der Waals surface area contributed by atoms with Gasteiger partial charge in [0.2, 0.25) is 11.8 Å². The molecule has 3 aliphatic heterocycles. The van der Waals surface area contributed by atoms with E-state index in [0.717, 1.165) is 51.4 Å². The number of fused-ring (bicyclic) bond motifs is 1. The number of nitrogens with zero attached hydrogens (tertiary/aromatic N) is 2. The number of aliphatic hydroxyl groups excluding tert-OH is 1. The molecule has 3 saturated heterocycles. The van der Waals surface area contributed by atoms with Crippen molar-refractivity contribution in [2.45, 2.75) is 106 Å². The standard InChI is InChI=1S/C29H44N2O5S/c1-5-7-8-12-18-36-27(35)23-22-25(33)31(20(3)19-32)24(29(22)16-15-28(23,4)37-29)26(34)30(17-6-2)21-13-10-9-11-14-21/h5-6,20-24,32H,1-2,7-19H2,3-4H3/t20-,22+,23+,24?,28-,29?/m1/s1. The molecule has 37 heavy (non-hydrogen) atoms. The van der Waals surface area contributed by atoms with Crippen LogP contribution in [0.1, 0.15) is 78.1 Å². The van der Waals surface area contributed by atoms with E-state index >= 15 is 0 Å². The molecule has 206 valence electrons. The number of unbranched alkanes of at least 4 members (excludes halogenated alkanes) is 2. The average Bonchev–Trinajstić information content (AvgIpc) is 3.47. The zero-order valence-corrected chi connectivity index (χ0v) is 23.3. The van der Waals surface area contributed by atoms with Gasteiger partial charge in [-0.1, -0.05) is 31.4 Å². The van der Waals surface area contributed by atoms with Crippen LogP contribution < -0.4 is 0 Å². The monoisotopic (exact) mass is 532 g/mol. The Kier molecular flexibility index (Phi) is 8.79. The van der Waals surface area contributed by atoms with Crippen molar-refractivity contribution < 1.29 is 24.2 Å². The molecule has 0 radical (unpaired) electrons. The van der Waals surface area contributed by atoms with Crippen LogP contribution >= 0.6 is 11.8 Å². The van der Waals surface area contributed by atoms with Crippen LogP contribution in [0.15, 0.2) is 25.3 Å². The minimum absolute atomic E-state index is 0.0573. The minimum Gasteiger partial charge on any atom is -0.465 e. The van der Waals surface area contributed by atoms with Gasteiger partial charge in [0.25, 0.3) is 0 Å². The van der Waals surface area contributed by atoms with Crippen LogP contribution in [-0.2, 0) is 19.1 Å². The molecule has 3 heterocycles. The summed E-state index contributed by atoms with van der Waals surface area (Å²) in [5.41, 5.74) is 0. The number of likely N-dealkylation sites (tertiary alicyclic amines) is 1. The van der Waals surface area contributed by atoms with E-state index in [2.05, 4.69) is 20.1 Å². The molecule has 0 aromatic rings. The van der Waals surface area contributed by atoms with Crippen LogP contribution in [0.5, 0.6) is 0 Å². The number of carbonyl (C=O) groups excluding carboxylic acids is 3. The van der Waals surface area contributed by atoms with Gasteiger partial charge in [0.15, 0.2) is 0 Å².